The minimum Gasteiger partial charge on any atom is -0.491 e. The molecule has 9 heteroatoms. The molecule has 2 aliphatic rings. The molecule has 1 aromatic rings. The van der Waals surface area contributed by atoms with Crippen LogP contribution in [-0.2, 0) is 4.74 Å². The van der Waals surface area contributed by atoms with E-state index in [1.165, 1.54) is 0 Å². The quantitative estimate of drug-likeness (QED) is 0.548. The minimum absolute atomic E-state index is 0.0174. The molecule has 0 aromatic heterocycles. The van der Waals surface area contributed by atoms with Crippen LogP contribution >= 0.6 is 0 Å². The lowest BCUT2D eigenvalue weighted by Gasteiger charge is -2.50. The predicted octanol–water partition coefficient (Wildman–Crippen LogP) is 1.37. The fourth-order valence-electron chi connectivity index (χ4n) is 4.55. The molecule has 3 rings (SSSR count). The number of amides is 1. The Morgan fingerprint density at radius 3 is 2.41 bits per heavy atom. The molecule has 0 spiro atoms. The number of nitriles is 1. The fourth-order valence-corrected chi connectivity index (χ4v) is 4.55. The Morgan fingerprint density at radius 1 is 1.25 bits per heavy atom. The van der Waals surface area contributed by atoms with Crippen molar-refractivity contribution in [3.05, 3.63) is 29.8 Å². The third kappa shape index (κ3) is 6.81. The first-order chi connectivity index (χ1) is 15.1. The molecule has 2 fully saturated rings. The van der Waals surface area contributed by atoms with Gasteiger partial charge in [0.25, 0.3) is 0 Å². The van der Waals surface area contributed by atoms with Crippen molar-refractivity contribution in [2.24, 2.45) is 5.41 Å². The van der Waals surface area contributed by atoms with Gasteiger partial charge in [-0.05, 0) is 29.7 Å². The number of rotatable bonds is 8. The van der Waals surface area contributed by atoms with E-state index in [-0.39, 0.29) is 30.3 Å². The van der Waals surface area contributed by atoms with Crippen molar-refractivity contribution in [2.45, 2.75) is 45.1 Å². The molecule has 0 saturated carbocycles. The van der Waals surface area contributed by atoms with Crippen molar-refractivity contribution < 1.29 is 24.5 Å². The average molecular weight is 447 g/mol. The highest BCUT2D eigenvalue weighted by molar-refractivity contribution is 5.64. The zero-order valence-electron chi connectivity index (χ0n) is 19.0. The molecule has 1 amide bonds. The first kappa shape index (κ1) is 24.3. The van der Waals surface area contributed by atoms with Gasteiger partial charge in [0.05, 0.1) is 23.8 Å². The summed E-state index contributed by atoms with van der Waals surface area (Å²) in [6, 6.07) is 8.97. The molecular weight excluding hydrogens is 412 g/mol. The van der Waals surface area contributed by atoms with Gasteiger partial charge in [0.1, 0.15) is 18.5 Å². The molecule has 3 N–H and O–H groups in total. The van der Waals surface area contributed by atoms with Gasteiger partial charge in [-0.1, -0.05) is 20.8 Å². The van der Waals surface area contributed by atoms with Crippen molar-refractivity contribution in [1.29, 1.82) is 5.26 Å². The third-order valence-electron chi connectivity index (χ3n) is 5.97. The van der Waals surface area contributed by atoms with Crippen LogP contribution in [0.3, 0.4) is 0 Å². The lowest BCUT2D eigenvalue weighted by atomic mass is 9.84. The van der Waals surface area contributed by atoms with Crippen LogP contribution < -0.4 is 10.1 Å². The number of β-amino-alcohol motifs (C(OH)–C–C–N with tert-alkyl or cyclic N) is 1. The zero-order chi connectivity index (χ0) is 23.3. The summed E-state index contributed by atoms with van der Waals surface area (Å²) in [5, 5.41) is 30.9. The van der Waals surface area contributed by atoms with Gasteiger partial charge in [-0.15, -0.1) is 0 Å². The highest BCUT2D eigenvalue weighted by Gasteiger charge is 2.40. The molecule has 9 nitrogen and oxygen atoms in total. The number of nitrogens with zero attached hydrogens (tertiary/aromatic N) is 3. The van der Waals surface area contributed by atoms with E-state index < -0.39 is 12.2 Å². The molecular formula is C23H34N4O5. The van der Waals surface area contributed by atoms with E-state index >= 15 is 0 Å². The van der Waals surface area contributed by atoms with Gasteiger partial charge in [0, 0.05) is 45.3 Å². The largest absolute Gasteiger partial charge is 0.491 e. The molecule has 32 heavy (non-hydrogen) atoms. The average Bonchev–Trinajstić information content (AvgIpc) is 2.71. The number of benzene rings is 1. The molecule has 2 saturated heterocycles. The van der Waals surface area contributed by atoms with Gasteiger partial charge in [-0.25, -0.2) is 4.79 Å². The fraction of sp³-hybridized carbons (Fsp3) is 0.652. The number of ether oxygens (including phenoxy) is 2. The van der Waals surface area contributed by atoms with Gasteiger partial charge in [-0.2, -0.15) is 5.26 Å². The van der Waals surface area contributed by atoms with E-state index in [9.17, 15) is 9.90 Å². The Kier molecular flexibility index (Phi) is 7.96. The van der Waals surface area contributed by atoms with Crippen molar-refractivity contribution in [1.82, 2.24) is 15.1 Å². The van der Waals surface area contributed by atoms with Crippen LogP contribution in [0.1, 0.15) is 26.3 Å². The first-order valence-corrected chi connectivity index (χ1v) is 11.0. The number of hydrogen-bond donors (Lipinski definition) is 3. The van der Waals surface area contributed by atoms with E-state index in [2.05, 4.69) is 42.0 Å². The Hall–Kier alpha value is -2.38. The van der Waals surface area contributed by atoms with Gasteiger partial charge >= 0.3 is 6.09 Å². The third-order valence-corrected chi connectivity index (χ3v) is 5.97. The number of fused-ring (bicyclic) bond motifs is 2. The Balaban J connectivity index is 1.49. The number of carbonyl (C=O) groups is 1. The topological polar surface area (TPSA) is 118 Å². The molecule has 2 heterocycles. The monoisotopic (exact) mass is 446 g/mol. The van der Waals surface area contributed by atoms with Crippen LogP contribution in [0.15, 0.2) is 24.3 Å². The smallest absolute Gasteiger partial charge is 0.404 e. The van der Waals surface area contributed by atoms with E-state index in [0.29, 0.717) is 37.5 Å². The second kappa shape index (κ2) is 10.5. The van der Waals surface area contributed by atoms with E-state index in [1.54, 1.807) is 24.3 Å². The Labute approximate surface area is 189 Å². The maximum atomic E-state index is 11.0. The van der Waals surface area contributed by atoms with Gasteiger partial charge in [0.2, 0.25) is 0 Å². The summed E-state index contributed by atoms with van der Waals surface area (Å²) in [5.74, 6) is 0.626. The van der Waals surface area contributed by atoms with Crippen LogP contribution in [0.4, 0.5) is 4.79 Å². The molecule has 2 aliphatic heterocycles. The summed E-state index contributed by atoms with van der Waals surface area (Å²) in [7, 11) is 0. The Morgan fingerprint density at radius 2 is 1.88 bits per heavy atom. The number of hydrogen-bond acceptors (Lipinski definition) is 7. The van der Waals surface area contributed by atoms with E-state index in [1.807, 2.05) is 0 Å². The summed E-state index contributed by atoms with van der Waals surface area (Å²) in [6.45, 7) is 10.3. The highest BCUT2D eigenvalue weighted by atomic mass is 16.5. The maximum Gasteiger partial charge on any atom is 0.404 e. The maximum absolute atomic E-state index is 11.0. The molecule has 0 aliphatic carbocycles. The SMILES string of the molecule is CC(C)(C)C(CNC(=O)O)N1CC2CN(CC(O)COc3ccc(C#N)cc3)CC(C1)O2. The van der Waals surface area contributed by atoms with Crippen molar-refractivity contribution in [3.8, 4) is 11.8 Å². The summed E-state index contributed by atoms with van der Waals surface area (Å²) in [5.41, 5.74) is 0.492. The number of aliphatic hydroxyl groups is 1. The molecule has 4 atom stereocenters. The lowest BCUT2D eigenvalue weighted by Crippen LogP contribution is -2.64. The second-order valence-corrected chi connectivity index (χ2v) is 9.72. The van der Waals surface area contributed by atoms with Crippen LogP contribution in [-0.4, -0.2) is 96.3 Å². The van der Waals surface area contributed by atoms with E-state index in [4.69, 9.17) is 19.8 Å². The van der Waals surface area contributed by atoms with Gasteiger partial charge in [-0.3, -0.25) is 9.80 Å². The predicted molar refractivity (Wildman–Crippen MR) is 119 cm³/mol. The molecule has 1 aromatic carbocycles. The first-order valence-electron chi connectivity index (χ1n) is 11.0. The molecule has 2 bridgehead atoms. The van der Waals surface area contributed by atoms with Crippen LogP contribution in [0, 0.1) is 16.7 Å². The minimum atomic E-state index is -1.00. The highest BCUT2D eigenvalue weighted by Crippen LogP contribution is 2.29. The Bertz CT molecular complexity index is 790. The summed E-state index contributed by atoms with van der Waals surface area (Å²) in [4.78, 5) is 15.6. The summed E-state index contributed by atoms with van der Waals surface area (Å²) >= 11 is 0. The molecule has 176 valence electrons. The number of nitrogens with one attached hydrogen (secondary N) is 1. The second-order valence-electron chi connectivity index (χ2n) is 9.72. The van der Waals surface area contributed by atoms with Gasteiger partial charge < -0.3 is 25.0 Å². The van der Waals surface area contributed by atoms with Crippen LogP contribution in [0.25, 0.3) is 0 Å². The van der Waals surface area contributed by atoms with Crippen LogP contribution in [0.2, 0.25) is 0 Å². The zero-order valence-corrected chi connectivity index (χ0v) is 19.0. The number of carboxylic acid groups (broad SMARTS) is 1. The van der Waals surface area contributed by atoms with Crippen molar-refractivity contribution >= 4 is 6.09 Å². The summed E-state index contributed by atoms with van der Waals surface area (Å²) < 4.78 is 11.8. The van der Waals surface area contributed by atoms with Gasteiger partial charge in [0.15, 0.2) is 0 Å². The number of morpholine rings is 2. The normalized spacial score (nSPS) is 23.7. The van der Waals surface area contributed by atoms with Crippen molar-refractivity contribution in [2.75, 3.05) is 45.9 Å². The summed E-state index contributed by atoms with van der Waals surface area (Å²) in [6.07, 6.45) is -1.61. The van der Waals surface area contributed by atoms with E-state index in [0.717, 1.165) is 13.1 Å². The molecule has 4 unspecified atom stereocenters. The molecule has 0 radical (unpaired) electrons. The van der Waals surface area contributed by atoms with Crippen LogP contribution in [0.5, 0.6) is 5.75 Å². The lowest BCUT2D eigenvalue weighted by molar-refractivity contribution is -0.156. The standard InChI is InChI=1S/C23H34N4O5/c1-23(2,3)21(9-25-22(29)30)27-13-19-11-26(12-20(14-27)32-19)10-17(28)15-31-18-6-4-16(8-24)5-7-18/h4-7,17,19-21,25,28H,9-15H2,1-3H3,(H,29,30). The number of aliphatic hydroxyl groups excluding tert-OH is 1. The van der Waals surface area contributed by atoms with Crippen molar-refractivity contribution in [3.63, 3.8) is 0 Å².